The first-order valence-corrected chi connectivity index (χ1v) is 13.2. The number of aromatic carboxylic acids is 1. The molecule has 0 unspecified atom stereocenters. The van der Waals surface area contributed by atoms with Crippen LogP contribution in [-0.4, -0.2) is 62.9 Å². The van der Waals surface area contributed by atoms with Crippen LogP contribution in [-0.2, 0) is 14.8 Å². The van der Waals surface area contributed by atoms with Crippen molar-refractivity contribution < 1.29 is 41.4 Å². The molecule has 208 valence electrons. The lowest BCUT2D eigenvalue weighted by molar-refractivity contribution is -0.192. The molecule has 0 aromatic heterocycles. The number of alkyl halides is 3. The normalized spacial score (nSPS) is 13.7. The molecule has 0 radical (unpaired) electrons. The van der Waals surface area contributed by atoms with E-state index < -0.39 is 28.1 Å². The fourth-order valence-corrected chi connectivity index (χ4v) is 5.07. The average molecular weight is 586 g/mol. The van der Waals surface area contributed by atoms with Gasteiger partial charge in [0.1, 0.15) is 0 Å². The third kappa shape index (κ3) is 7.77. The van der Waals surface area contributed by atoms with Gasteiger partial charge in [-0.05, 0) is 42.5 Å². The first-order chi connectivity index (χ1) is 18.3. The average Bonchev–Trinajstić information content (AvgIpc) is 2.89. The molecule has 0 bridgehead atoms. The lowest BCUT2D eigenvalue weighted by Crippen LogP contribution is -2.46. The van der Waals surface area contributed by atoms with Crippen molar-refractivity contribution in [3.8, 4) is 0 Å². The lowest BCUT2D eigenvalue weighted by Gasteiger charge is -2.37. The van der Waals surface area contributed by atoms with E-state index in [4.69, 9.17) is 21.5 Å². The standard InChI is InChI=1S/C23H22ClN3O4S.C2HF3O2/c24-20-8-4-5-9-22(20)27-14-12-26(13-15-27)17-10-11-21(19(16-17)23(28)29)25-32(30,31)18-6-2-1-3-7-18;3-2(4,5)1(6)7/h1-11,16,25H,12-15H2,(H,28,29);(H,6,7). The van der Waals surface area contributed by atoms with Crippen molar-refractivity contribution in [1.29, 1.82) is 0 Å². The zero-order valence-corrected chi connectivity index (χ0v) is 21.7. The predicted octanol–water partition coefficient (Wildman–Crippen LogP) is 4.80. The Balaban J connectivity index is 0.000000532. The highest BCUT2D eigenvalue weighted by Crippen LogP contribution is 2.29. The van der Waals surface area contributed by atoms with Gasteiger partial charge in [0.15, 0.2) is 0 Å². The Morgan fingerprint density at radius 3 is 1.92 bits per heavy atom. The maximum absolute atomic E-state index is 12.6. The third-order valence-electron chi connectivity index (χ3n) is 5.61. The Morgan fingerprint density at radius 2 is 1.38 bits per heavy atom. The van der Waals surface area contributed by atoms with Crippen molar-refractivity contribution in [2.45, 2.75) is 11.1 Å². The van der Waals surface area contributed by atoms with Gasteiger partial charge in [0.2, 0.25) is 0 Å². The van der Waals surface area contributed by atoms with Crippen molar-refractivity contribution in [2.24, 2.45) is 0 Å². The summed E-state index contributed by atoms with van der Waals surface area (Å²) in [5.74, 6) is -3.96. The van der Waals surface area contributed by atoms with E-state index in [2.05, 4.69) is 14.5 Å². The van der Waals surface area contributed by atoms with Gasteiger partial charge in [0.25, 0.3) is 10.0 Å². The summed E-state index contributed by atoms with van der Waals surface area (Å²) in [4.78, 5) is 25.1. The number of carboxylic acid groups (broad SMARTS) is 2. The van der Waals surface area contributed by atoms with Crippen LogP contribution in [0.3, 0.4) is 0 Å². The molecule has 1 saturated heterocycles. The molecule has 14 heteroatoms. The van der Waals surface area contributed by atoms with Crippen LogP contribution in [0.1, 0.15) is 10.4 Å². The van der Waals surface area contributed by atoms with Gasteiger partial charge in [-0.25, -0.2) is 18.0 Å². The molecule has 3 N–H and O–H groups in total. The second kappa shape index (κ2) is 12.3. The number of hydrogen-bond acceptors (Lipinski definition) is 6. The zero-order chi connectivity index (χ0) is 28.8. The summed E-state index contributed by atoms with van der Waals surface area (Å²) in [6, 6.07) is 20.3. The van der Waals surface area contributed by atoms with E-state index in [0.29, 0.717) is 18.1 Å². The minimum absolute atomic E-state index is 0.0276. The Hall–Kier alpha value is -3.97. The molecule has 1 aliphatic rings. The maximum Gasteiger partial charge on any atom is 0.490 e. The Morgan fingerprint density at radius 1 is 0.846 bits per heavy atom. The van der Waals surface area contributed by atoms with E-state index in [9.17, 15) is 31.5 Å². The van der Waals surface area contributed by atoms with Gasteiger partial charge >= 0.3 is 18.1 Å². The van der Waals surface area contributed by atoms with Crippen molar-refractivity contribution in [2.75, 3.05) is 40.7 Å². The van der Waals surface area contributed by atoms with Crippen molar-refractivity contribution in [1.82, 2.24) is 0 Å². The van der Waals surface area contributed by atoms with Gasteiger partial charge in [-0.2, -0.15) is 13.2 Å². The third-order valence-corrected chi connectivity index (χ3v) is 7.31. The molecular weight excluding hydrogens is 563 g/mol. The van der Waals surface area contributed by atoms with Gasteiger partial charge in [-0.3, -0.25) is 4.72 Å². The topological polar surface area (TPSA) is 127 Å². The summed E-state index contributed by atoms with van der Waals surface area (Å²) >= 11 is 6.30. The largest absolute Gasteiger partial charge is 0.490 e. The molecular formula is C25H23ClF3N3O6S. The summed E-state index contributed by atoms with van der Waals surface area (Å²) in [7, 11) is -3.90. The number of sulfonamides is 1. The number of benzene rings is 3. The fourth-order valence-electron chi connectivity index (χ4n) is 3.71. The van der Waals surface area contributed by atoms with E-state index >= 15 is 0 Å². The number of carbonyl (C=O) groups is 2. The van der Waals surface area contributed by atoms with E-state index in [1.807, 2.05) is 24.3 Å². The summed E-state index contributed by atoms with van der Waals surface area (Å²) in [6.07, 6.45) is -5.08. The number of rotatable bonds is 6. The monoisotopic (exact) mass is 585 g/mol. The Labute approximate surface area is 227 Å². The summed E-state index contributed by atoms with van der Waals surface area (Å²) in [6.45, 7) is 2.82. The van der Waals surface area contributed by atoms with Crippen LogP contribution in [0.4, 0.5) is 30.2 Å². The number of piperazine rings is 1. The van der Waals surface area contributed by atoms with Gasteiger partial charge < -0.3 is 20.0 Å². The number of aliphatic carboxylic acids is 1. The van der Waals surface area contributed by atoms with Gasteiger partial charge in [-0.1, -0.05) is 41.9 Å². The molecule has 0 amide bonds. The molecule has 0 saturated carbocycles. The number of halogens is 4. The molecule has 1 heterocycles. The molecule has 0 spiro atoms. The number of hydrogen-bond donors (Lipinski definition) is 3. The number of nitrogens with zero attached hydrogens (tertiary/aromatic N) is 2. The molecule has 1 fully saturated rings. The minimum atomic E-state index is -5.08. The van der Waals surface area contributed by atoms with Crippen LogP contribution in [0.2, 0.25) is 5.02 Å². The molecule has 4 rings (SSSR count). The summed E-state index contributed by atoms with van der Waals surface area (Å²) in [5.41, 5.74) is 1.63. The first kappa shape index (κ1) is 29.6. The molecule has 39 heavy (non-hydrogen) atoms. The van der Waals surface area contributed by atoms with Crippen molar-refractivity contribution >= 4 is 50.6 Å². The molecule has 3 aromatic carbocycles. The van der Waals surface area contributed by atoms with Gasteiger partial charge in [0, 0.05) is 31.9 Å². The molecule has 0 aliphatic carbocycles. The summed E-state index contributed by atoms with van der Waals surface area (Å²) < 4.78 is 59.4. The van der Waals surface area contributed by atoms with E-state index in [-0.39, 0.29) is 16.1 Å². The second-order valence-corrected chi connectivity index (χ2v) is 10.3. The van der Waals surface area contributed by atoms with Crippen molar-refractivity contribution in [3.63, 3.8) is 0 Å². The number of carboxylic acids is 2. The summed E-state index contributed by atoms with van der Waals surface area (Å²) in [5, 5.41) is 17.5. The highest BCUT2D eigenvalue weighted by molar-refractivity contribution is 7.92. The molecule has 9 nitrogen and oxygen atoms in total. The van der Waals surface area contributed by atoms with Gasteiger partial charge in [-0.15, -0.1) is 0 Å². The fraction of sp³-hybridized carbons (Fsp3) is 0.200. The quantitative estimate of drug-likeness (QED) is 0.377. The number of nitrogens with one attached hydrogen (secondary N) is 1. The van der Waals surface area contributed by atoms with Crippen LogP contribution < -0.4 is 14.5 Å². The minimum Gasteiger partial charge on any atom is -0.478 e. The first-order valence-electron chi connectivity index (χ1n) is 11.3. The Kier molecular flexibility index (Phi) is 9.30. The number of para-hydroxylation sites is 1. The van der Waals surface area contributed by atoms with Crippen LogP contribution in [0, 0.1) is 0 Å². The van der Waals surface area contributed by atoms with Crippen LogP contribution in [0.25, 0.3) is 0 Å². The highest BCUT2D eigenvalue weighted by atomic mass is 35.5. The SMILES string of the molecule is O=C(O)C(F)(F)F.O=C(O)c1cc(N2CCN(c3ccccc3Cl)CC2)ccc1NS(=O)(=O)c1ccccc1. The lowest BCUT2D eigenvalue weighted by atomic mass is 10.1. The van der Waals surface area contributed by atoms with Gasteiger partial charge in [0.05, 0.1) is 26.9 Å². The van der Waals surface area contributed by atoms with Crippen LogP contribution in [0.5, 0.6) is 0 Å². The zero-order valence-electron chi connectivity index (χ0n) is 20.1. The maximum atomic E-state index is 12.6. The highest BCUT2D eigenvalue weighted by Gasteiger charge is 2.38. The predicted molar refractivity (Wildman–Crippen MR) is 140 cm³/mol. The van der Waals surface area contributed by atoms with E-state index in [1.54, 1.807) is 24.3 Å². The smallest absolute Gasteiger partial charge is 0.478 e. The van der Waals surface area contributed by atoms with E-state index in [0.717, 1.165) is 24.5 Å². The Bertz CT molecular complexity index is 1430. The van der Waals surface area contributed by atoms with Crippen LogP contribution >= 0.6 is 11.6 Å². The van der Waals surface area contributed by atoms with Crippen LogP contribution in [0.15, 0.2) is 77.7 Å². The molecule has 3 aromatic rings. The molecule has 0 atom stereocenters. The number of anilines is 3. The second-order valence-electron chi connectivity index (χ2n) is 8.18. The molecule has 1 aliphatic heterocycles. The van der Waals surface area contributed by atoms with E-state index in [1.165, 1.54) is 24.3 Å². The van der Waals surface area contributed by atoms with Crippen molar-refractivity contribution in [3.05, 3.63) is 83.4 Å².